The van der Waals surface area contributed by atoms with E-state index in [1.807, 2.05) is 11.0 Å². The average Bonchev–Trinajstić information content (AvgIpc) is 3.00. The molecule has 0 bridgehead atoms. The number of carbonyl (C=O) groups is 2. The molecule has 148 valence electrons. The second kappa shape index (κ2) is 8.87. The summed E-state index contributed by atoms with van der Waals surface area (Å²) in [4.78, 5) is 29.0. The van der Waals surface area contributed by atoms with Gasteiger partial charge in [-0.2, -0.15) is 0 Å². The van der Waals surface area contributed by atoms with Crippen LogP contribution >= 0.6 is 0 Å². The number of piperazine rings is 1. The topological polar surface area (TPSA) is 52.7 Å². The van der Waals surface area contributed by atoms with Crippen LogP contribution in [0.1, 0.15) is 45.6 Å². The molecule has 0 saturated carbocycles. The van der Waals surface area contributed by atoms with Crippen LogP contribution in [0.5, 0.6) is 0 Å². The molecule has 2 fully saturated rings. The molecule has 2 amide bonds. The van der Waals surface area contributed by atoms with E-state index in [9.17, 15) is 9.59 Å². The molecule has 27 heavy (non-hydrogen) atoms. The second-order valence-corrected chi connectivity index (χ2v) is 8.51. The van der Waals surface area contributed by atoms with Crippen LogP contribution in [-0.2, 0) is 16.0 Å². The molecule has 0 radical (unpaired) electrons. The maximum Gasteiger partial charge on any atom is 0.240 e. The predicted octanol–water partition coefficient (Wildman–Crippen LogP) is 2.46. The molecule has 5 nitrogen and oxygen atoms in total. The van der Waals surface area contributed by atoms with E-state index in [0.717, 1.165) is 38.8 Å². The number of aryl methyl sites for hydroxylation is 1. The van der Waals surface area contributed by atoms with Crippen molar-refractivity contribution in [2.24, 2.45) is 5.92 Å². The van der Waals surface area contributed by atoms with Crippen LogP contribution < -0.4 is 5.32 Å². The quantitative estimate of drug-likeness (QED) is 0.801. The van der Waals surface area contributed by atoms with E-state index in [-0.39, 0.29) is 29.9 Å². The van der Waals surface area contributed by atoms with Gasteiger partial charge in [0.25, 0.3) is 0 Å². The normalized spacial score (nSPS) is 25.7. The van der Waals surface area contributed by atoms with Crippen molar-refractivity contribution in [1.29, 1.82) is 0 Å². The Balaban J connectivity index is 1.64. The SMILES string of the molecule is CC(=O)N[C@H]1C[C@H]2CN(CCCc3ccccc3)[C@@H](CC(C)C)C(=O)N2C1. The van der Waals surface area contributed by atoms with Crippen LogP contribution in [-0.4, -0.2) is 59.4 Å². The number of rotatable bonds is 7. The van der Waals surface area contributed by atoms with Gasteiger partial charge in [0.15, 0.2) is 0 Å². The molecule has 2 aliphatic rings. The molecule has 0 unspecified atom stereocenters. The van der Waals surface area contributed by atoms with E-state index in [4.69, 9.17) is 0 Å². The minimum atomic E-state index is -0.0203. The number of amides is 2. The molecule has 1 N–H and O–H groups in total. The minimum Gasteiger partial charge on any atom is -0.352 e. The van der Waals surface area contributed by atoms with Crippen molar-refractivity contribution in [2.75, 3.05) is 19.6 Å². The summed E-state index contributed by atoms with van der Waals surface area (Å²) >= 11 is 0. The number of nitrogens with one attached hydrogen (secondary N) is 1. The van der Waals surface area contributed by atoms with Gasteiger partial charge in [-0.3, -0.25) is 14.5 Å². The fourth-order valence-corrected chi connectivity index (χ4v) is 4.57. The zero-order valence-corrected chi connectivity index (χ0v) is 16.9. The van der Waals surface area contributed by atoms with E-state index >= 15 is 0 Å². The highest BCUT2D eigenvalue weighted by molar-refractivity contribution is 5.83. The third-order valence-corrected chi connectivity index (χ3v) is 5.72. The van der Waals surface area contributed by atoms with Crippen LogP contribution in [0.2, 0.25) is 0 Å². The first kappa shape index (κ1) is 19.9. The summed E-state index contributed by atoms with van der Waals surface area (Å²) in [5.74, 6) is 0.735. The molecule has 2 heterocycles. The van der Waals surface area contributed by atoms with Crippen LogP contribution in [0, 0.1) is 5.92 Å². The Kier molecular flexibility index (Phi) is 6.53. The van der Waals surface area contributed by atoms with Gasteiger partial charge in [-0.1, -0.05) is 44.2 Å². The Morgan fingerprint density at radius 1 is 1.22 bits per heavy atom. The number of benzene rings is 1. The van der Waals surface area contributed by atoms with Gasteiger partial charge in [0.05, 0.1) is 6.04 Å². The molecule has 3 atom stereocenters. The summed E-state index contributed by atoms with van der Waals surface area (Å²) in [6.07, 6.45) is 3.88. The highest BCUT2D eigenvalue weighted by Crippen LogP contribution is 2.29. The lowest BCUT2D eigenvalue weighted by molar-refractivity contribution is -0.144. The van der Waals surface area contributed by atoms with Crippen molar-refractivity contribution in [1.82, 2.24) is 15.1 Å². The summed E-state index contributed by atoms with van der Waals surface area (Å²) in [5, 5.41) is 3.00. The Hall–Kier alpha value is -1.88. The lowest BCUT2D eigenvalue weighted by atomic mass is 9.96. The van der Waals surface area contributed by atoms with Gasteiger partial charge in [-0.15, -0.1) is 0 Å². The van der Waals surface area contributed by atoms with Gasteiger partial charge in [0, 0.05) is 32.1 Å². The molecule has 1 aromatic carbocycles. The number of fused-ring (bicyclic) bond motifs is 1. The van der Waals surface area contributed by atoms with Gasteiger partial charge < -0.3 is 10.2 Å². The van der Waals surface area contributed by atoms with E-state index in [0.29, 0.717) is 12.5 Å². The predicted molar refractivity (Wildman–Crippen MR) is 107 cm³/mol. The summed E-state index contributed by atoms with van der Waals surface area (Å²) in [7, 11) is 0. The second-order valence-electron chi connectivity index (χ2n) is 8.51. The number of nitrogens with zero attached hydrogens (tertiary/aromatic N) is 2. The molecular weight excluding hydrogens is 338 g/mol. The molecule has 5 heteroatoms. The van der Waals surface area contributed by atoms with Crippen molar-refractivity contribution in [3.63, 3.8) is 0 Å². The van der Waals surface area contributed by atoms with E-state index < -0.39 is 0 Å². The van der Waals surface area contributed by atoms with E-state index in [1.54, 1.807) is 6.92 Å². The zero-order chi connectivity index (χ0) is 19.4. The Labute approximate surface area is 163 Å². The Bertz CT molecular complexity index is 646. The first-order valence-electron chi connectivity index (χ1n) is 10.3. The molecule has 2 saturated heterocycles. The van der Waals surface area contributed by atoms with Crippen LogP contribution in [0.15, 0.2) is 30.3 Å². The maximum absolute atomic E-state index is 13.2. The number of carbonyl (C=O) groups excluding carboxylic acids is 2. The summed E-state index contributed by atoms with van der Waals surface area (Å²) in [5.41, 5.74) is 1.36. The molecule has 2 aliphatic heterocycles. The number of hydrogen-bond acceptors (Lipinski definition) is 3. The van der Waals surface area contributed by atoms with E-state index in [1.165, 1.54) is 5.56 Å². The Morgan fingerprint density at radius 2 is 1.96 bits per heavy atom. The standard InChI is InChI=1S/C22H33N3O2/c1-16(2)12-21-22(27)25-14-19(23-17(3)26)13-20(25)15-24(21)11-7-10-18-8-5-4-6-9-18/h4-6,8-9,16,19-21H,7,10-15H2,1-3H3,(H,23,26)/t19-,20-,21-/m0/s1. The fourth-order valence-electron chi connectivity index (χ4n) is 4.57. The largest absolute Gasteiger partial charge is 0.352 e. The van der Waals surface area contributed by atoms with Crippen molar-refractivity contribution in [2.45, 2.75) is 64.6 Å². The molecule has 1 aromatic rings. The Morgan fingerprint density at radius 3 is 2.63 bits per heavy atom. The van der Waals surface area contributed by atoms with Crippen molar-refractivity contribution in [3.05, 3.63) is 35.9 Å². The summed E-state index contributed by atoms with van der Waals surface area (Å²) in [6, 6.07) is 10.9. The smallest absolute Gasteiger partial charge is 0.240 e. The van der Waals surface area contributed by atoms with Crippen LogP contribution in [0.3, 0.4) is 0 Å². The lowest BCUT2D eigenvalue weighted by Crippen LogP contribution is -2.60. The van der Waals surface area contributed by atoms with Gasteiger partial charge in [-0.05, 0) is 43.7 Å². The summed E-state index contributed by atoms with van der Waals surface area (Å²) < 4.78 is 0. The average molecular weight is 372 g/mol. The van der Waals surface area contributed by atoms with Crippen molar-refractivity contribution >= 4 is 11.8 Å². The molecule has 3 rings (SSSR count). The van der Waals surface area contributed by atoms with Gasteiger partial charge in [0.2, 0.25) is 11.8 Å². The minimum absolute atomic E-state index is 0.00857. The molecular formula is C22H33N3O2. The zero-order valence-electron chi connectivity index (χ0n) is 16.9. The third-order valence-electron chi connectivity index (χ3n) is 5.72. The van der Waals surface area contributed by atoms with Crippen LogP contribution in [0.25, 0.3) is 0 Å². The van der Waals surface area contributed by atoms with Gasteiger partial charge in [0.1, 0.15) is 0 Å². The first-order valence-corrected chi connectivity index (χ1v) is 10.3. The molecule has 0 aliphatic carbocycles. The first-order chi connectivity index (χ1) is 12.9. The van der Waals surface area contributed by atoms with Crippen LogP contribution in [0.4, 0.5) is 0 Å². The summed E-state index contributed by atoms with van der Waals surface area (Å²) in [6.45, 7) is 8.46. The third kappa shape index (κ3) is 5.10. The molecule has 0 aromatic heterocycles. The van der Waals surface area contributed by atoms with Crippen molar-refractivity contribution in [3.8, 4) is 0 Å². The van der Waals surface area contributed by atoms with E-state index in [2.05, 4.69) is 48.3 Å². The highest BCUT2D eigenvalue weighted by atomic mass is 16.2. The van der Waals surface area contributed by atoms with Gasteiger partial charge in [-0.25, -0.2) is 0 Å². The van der Waals surface area contributed by atoms with Crippen molar-refractivity contribution < 1.29 is 9.59 Å². The van der Waals surface area contributed by atoms with Gasteiger partial charge >= 0.3 is 0 Å². The monoisotopic (exact) mass is 371 g/mol. The fraction of sp³-hybridized carbons (Fsp3) is 0.636. The maximum atomic E-state index is 13.2. The molecule has 0 spiro atoms. The lowest BCUT2D eigenvalue weighted by Gasteiger charge is -2.43. The number of hydrogen-bond donors (Lipinski definition) is 1. The highest BCUT2D eigenvalue weighted by Gasteiger charge is 2.45.